The van der Waals surface area contributed by atoms with Crippen molar-refractivity contribution in [1.82, 2.24) is 4.72 Å². The SMILES string of the molecule is O=[N+]([O-])c1ccc(F)c(S(=O)(=O)NC2CCCC2Cl)c1. The summed E-state index contributed by atoms with van der Waals surface area (Å²) < 4.78 is 40.1. The minimum Gasteiger partial charge on any atom is -0.258 e. The molecule has 20 heavy (non-hydrogen) atoms. The minimum absolute atomic E-state index is 0.355. The summed E-state index contributed by atoms with van der Waals surface area (Å²) in [5.74, 6) is -1.03. The van der Waals surface area contributed by atoms with Gasteiger partial charge < -0.3 is 0 Å². The first-order valence-electron chi connectivity index (χ1n) is 5.91. The summed E-state index contributed by atoms with van der Waals surface area (Å²) in [5.41, 5.74) is -0.486. The van der Waals surface area contributed by atoms with E-state index in [1.807, 2.05) is 0 Å². The van der Waals surface area contributed by atoms with Crippen LogP contribution in [-0.2, 0) is 10.0 Å². The van der Waals surface area contributed by atoms with Gasteiger partial charge in [0, 0.05) is 23.6 Å². The van der Waals surface area contributed by atoms with Crippen molar-refractivity contribution >= 4 is 27.3 Å². The van der Waals surface area contributed by atoms with Crippen molar-refractivity contribution < 1.29 is 17.7 Å². The van der Waals surface area contributed by atoms with Gasteiger partial charge in [0.25, 0.3) is 5.69 Å². The molecule has 0 heterocycles. The lowest BCUT2D eigenvalue weighted by atomic mass is 10.3. The molecule has 0 radical (unpaired) electrons. The molecule has 1 aliphatic rings. The fourth-order valence-corrected chi connectivity index (χ4v) is 3.95. The van der Waals surface area contributed by atoms with E-state index in [1.165, 1.54) is 0 Å². The predicted octanol–water partition coefficient (Wildman–Crippen LogP) is 2.17. The van der Waals surface area contributed by atoms with Crippen LogP contribution in [0.3, 0.4) is 0 Å². The van der Waals surface area contributed by atoms with Crippen LogP contribution in [0.2, 0.25) is 0 Å². The van der Waals surface area contributed by atoms with Crippen LogP contribution in [0.1, 0.15) is 19.3 Å². The van der Waals surface area contributed by atoms with E-state index in [2.05, 4.69) is 4.72 Å². The Kier molecular flexibility index (Phi) is 4.26. The number of nitrogens with zero attached hydrogens (tertiary/aromatic N) is 1. The number of nitrogens with one attached hydrogen (secondary N) is 1. The van der Waals surface area contributed by atoms with E-state index in [4.69, 9.17) is 11.6 Å². The van der Waals surface area contributed by atoms with Gasteiger partial charge in [0.05, 0.1) is 4.92 Å². The van der Waals surface area contributed by atoms with Crippen LogP contribution in [0.5, 0.6) is 0 Å². The van der Waals surface area contributed by atoms with E-state index in [9.17, 15) is 22.9 Å². The molecule has 0 spiro atoms. The van der Waals surface area contributed by atoms with Gasteiger partial charge in [-0.3, -0.25) is 10.1 Å². The molecule has 0 bridgehead atoms. The first-order chi connectivity index (χ1) is 9.31. The fraction of sp³-hybridized carbons (Fsp3) is 0.455. The van der Waals surface area contributed by atoms with Gasteiger partial charge in [0.15, 0.2) is 0 Å². The number of nitro groups is 1. The Balaban J connectivity index is 2.33. The summed E-state index contributed by atoms with van der Waals surface area (Å²) in [6.07, 6.45) is 2.01. The molecule has 1 aliphatic carbocycles. The molecule has 2 unspecified atom stereocenters. The number of halogens is 2. The zero-order valence-electron chi connectivity index (χ0n) is 10.3. The van der Waals surface area contributed by atoms with Crippen LogP contribution in [0.25, 0.3) is 0 Å². The molecule has 110 valence electrons. The second-order valence-corrected chi connectivity index (χ2v) is 6.79. The third kappa shape index (κ3) is 3.08. The number of non-ortho nitro benzene ring substituents is 1. The summed E-state index contributed by atoms with van der Waals surface area (Å²) in [4.78, 5) is 9.12. The Hall–Kier alpha value is -1.25. The molecule has 1 saturated carbocycles. The molecular weight excluding hydrogens is 311 g/mol. The normalized spacial score (nSPS) is 22.9. The molecule has 2 rings (SSSR count). The van der Waals surface area contributed by atoms with Crippen molar-refractivity contribution in [3.8, 4) is 0 Å². The van der Waals surface area contributed by atoms with E-state index < -0.39 is 37.4 Å². The van der Waals surface area contributed by atoms with Gasteiger partial charge in [-0.15, -0.1) is 11.6 Å². The Bertz CT molecular complexity index is 637. The third-order valence-electron chi connectivity index (χ3n) is 3.15. The smallest absolute Gasteiger partial charge is 0.258 e. The maximum absolute atomic E-state index is 13.6. The van der Waals surface area contributed by atoms with E-state index in [1.54, 1.807) is 0 Å². The topological polar surface area (TPSA) is 89.3 Å². The lowest BCUT2D eigenvalue weighted by Crippen LogP contribution is -2.38. The molecule has 0 aromatic heterocycles. The number of benzene rings is 1. The molecule has 9 heteroatoms. The number of alkyl halides is 1. The average Bonchev–Trinajstić information content (AvgIpc) is 2.74. The van der Waals surface area contributed by atoms with Gasteiger partial charge in [-0.1, -0.05) is 6.42 Å². The molecular formula is C11H12ClFN2O4S. The number of rotatable bonds is 4. The summed E-state index contributed by atoms with van der Waals surface area (Å²) in [7, 11) is -4.18. The van der Waals surface area contributed by atoms with Crippen LogP contribution in [0, 0.1) is 15.9 Å². The number of hydrogen-bond acceptors (Lipinski definition) is 4. The Morgan fingerprint density at radius 1 is 1.40 bits per heavy atom. The van der Waals surface area contributed by atoms with Crippen molar-refractivity contribution in [3.05, 3.63) is 34.1 Å². The minimum atomic E-state index is -4.18. The highest BCUT2D eigenvalue weighted by Gasteiger charge is 2.31. The second-order valence-electron chi connectivity index (χ2n) is 4.55. The standard InChI is InChI=1S/C11H12ClFN2O4S/c12-8-2-1-3-10(8)14-20(18,19)11-6-7(15(16)17)4-5-9(11)13/h4-6,8,10,14H,1-3H2. The second kappa shape index (κ2) is 5.63. The number of nitro benzene ring substituents is 1. The van der Waals surface area contributed by atoms with Gasteiger partial charge in [0.1, 0.15) is 10.7 Å². The molecule has 1 N–H and O–H groups in total. The van der Waals surface area contributed by atoms with E-state index in [-0.39, 0.29) is 5.38 Å². The van der Waals surface area contributed by atoms with Gasteiger partial charge in [-0.05, 0) is 18.9 Å². The molecule has 0 amide bonds. The highest BCUT2D eigenvalue weighted by atomic mass is 35.5. The van der Waals surface area contributed by atoms with Crippen LogP contribution < -0.4 is 4.72 Å². The lowest BCUT2D eigenvalue weighted by molar-refractivity contribution is -0.385. The first-order valence-corrected chi connectivity index (χ1v) is 7.83. The van der Waals surface area contributed by atoms with Crippen molar-refractivity contribution in [3.63, 3.8) is 0 Å². The van der Waals surface area contributed by atoms with Gasteiger partial charge in [-0.2, -0.15) is 0 Å². The maximum Gasteiger partial charge on any atom is 0.270 e. The summed E-state index contributed by atoms with van der Waals surface area (Å²) in [6, 6.07) is 1.89. The highest BCUT2D eigenvalue weighted by molar-refractivity contribution is 7.89. The van der Waals surface area contributed by atoms with E-state index >= 15 is 0 Å². The van der Waals surface area contributed by atoms with Gasteiger partial charge in [-0.25, -0.2) is 17.5 Å². The van der Waals surface area contributed by atoms with Crippen molar-refractivity contribution in [2.45, 2.75) is 35.6 Å². The summed E-state index contributed by atoms with van der Waals surface area (Å²) >= 11 is 5.96. The molecule has 6 nitrogen and oxygen atoms in total. The maximum atomic E-state index is 13.6. The summed E-state index contributed by atoms with van der Waals surface area (Å²) in [5, 5.41) is 10.3. The molecule has 1 aromatic rings. The Morgan fingerprint density at radius 2 is 2.10 bits per heavy atom. The molecule has 1 fully saturated rings. The van der Waals surface area contributed by atoms with Crippen molar-refractivity contribution in [2.75, 3.05) is 0 Å². The average molecular weight is 323 g/mol. The molecule has 0 saturated heterocycles. The molecule has 2 atom stereocenters. The molecule has 0 aliphatic heterocycles. The lowest BCUT2D eigenvalue weighted by Gasteiger charge is -2.16. The fourth-order valence-electron chi connectivity index (χ4n) is 2.12. The third-order valence-corrected chi connectivity index (χ3v) is 5.18. The zero-order valence-corrected chi connectivity index (χ0v) is 11.8. The van der Waals surface area contributed by atoms with Crippen LogP contribution in [0.15, 0.2) is 23.1 Å². The van der Waals surface area contributed by atoms with Crippen LogP contribution >= 0.6 is 11.6 Å². The van der Waals surface area contributed by atoms with Crippen LogP contribution in [0.4, 0.5) is 10.1 Å². The van der Waals surface area contributed by atoms with Crippen LogP contribution in [-0.4, -0.2) is 24.8 Å². The summed E-state index contributed by atoms with van der Waals surface area (Å²) in [6.45, 7) is 0. The van der Waals surface area contributed by atoms with E-state index in [0.717, 1.165) is 18.6 Å². The number of hydrogen-bond donors (Lipinski definition) is 1. The zero-order chi connectivity index (χ0) is 14.9. The Labute approximate surface area is 120 Å². The Morgan fingerprint density at radius 3 is 2.65 bits per heavy atom. The van der Waals surface area contributed by atoms with Crippen molar-refractivity contribution in [2.24, 2.45) is 0 Å². The predicted molar refractivity (Wildman–Crippen MR) is 70.7 cm³/mol. The molecule has 1 aromatic carbocycles. The monoisotopic (exact) mass is 322 g/mol. The first kappa shape index (κ1) is 15.1. The number of sulfonamides is 1. The van der Waals surface area contributed by atoms with Gasteiger partial charge in [0.2, 0.25) is 10.0 Å². The van der Waals surface area contributed by atoms with Gasteiger partial charge >= 0.3 is 0 Å². The highest BCUT2D eigenvalue weighted by Crippen LogP contribution is 2.27. The van der Waals surface area contributed by atoms with E-state index in [0.29, 0.717) is 18.9 Å². The quantitative estimate of drug-likeness (QED) is 0.522. The largest absolute Gasteiger partial charge is 0.270 e. The van der Waals surface area contributed by atoms with Crippen molar-refractivity contribution in [1.29, 1.82) is 0 Å².